The second-order valence-electron chi connectivity index (χ2n) is 4.86. The lowest BCUT2D eigenvalue weighted by Crippen LogP contribution is -2.14. The zero-order valence-corrected chi connectivity index (χ0v) is 12.7. The lowest BCUT2D eigenvalue weighted by atomic mass is 10.1. The van der Waals surface area contributed by atoms with E-state index in [0.717, 1.165) is 16.0 Å². The molecule has 0 heterocycles. The topological polar surface area (TPSA) is 58.6 Å². The third kappa shape index (κ3) is 3.14. The van der Waals surface area contributed by atoms with Crippen LogP contribution in [0.25, 0.3) is 0 Å². The van der Waals surface area contributed by atoms with Crippen molar-refractivity contribution in [3.05, 3.63) is 58.7 Å². The van der Waals surface area contributed by atoms with Gasteiger partial charge in [-0.05, 0) is 50.1 Å². The Balaban J connectivity index is 2.46. The minimum atomic E-state index is 0.140. The summed E-state index contributed by atoms with van der Waals surface area (Å²) in [6, 6.07) is 12.3. The second-order valence-corrected chi connectivity index (χ2v) is 5.94. The molecule has 4 heteroatoms. The molecule has 2 aromatic carbocycles. The smallest absolute Gasteiger partial charge is 0.171 e. The Kier molecular flexibility index (Phi) is 4.35. The van der Waals surface area contributed by atoms with Crippen molar-refractivity contribution in [3.63, 3.8) is 0 Å². The highest BCUT2D eigenvalue weighted by molar-refractivity contribution is 7.99. The van der Waals surface area contributed by atoms with Crippen molar-refractivity contribution in [2.45, 2.75) is 30.6 Å². The summed E-state index contributed by atoms with van der Waals surface area (Å²) in [6.07, 6.45) is 0. The fraction of sp³-hybridized carbons (Fsp3) is 0.188. The third-order valence-corrected chi connectivity index (χ3v) is 4.32. The molecule has 0 unspecified atom stereocenters. The van der Waals surface area contributed by atoms with Crippen LogP contribution in [0, 0.1) is 20.8 Å². The summed E-state index contributed by atoms with van der Waals surface area (Å²) >= 11 is 1.64. The molecule has 0 aliphatic heterocycles. The van der Waals surface area contributed by atoms with Crippen LogP contribution < -0.4 is 5.73 Å². The first-order chi connectivity index (χ1) is 9.51. The predicted octanol–water partition coefficient (Wildman–Crippen LogP) is 3.86. The summed E-state index contributed by atoms with van der Waals surface area (Å²) in [5.41, 5.74) is 10.0. The lowest BCUT2D eigenvalue weighted by Gasteiger charge is -2.11. The summed E-state index contributed by atoms with van der Waals surface area (Å²) in [6.45, 7) is 6.14. The van der Waals surface area contributed by atoms with Gasteiger partial charge in [0, 0.05) is 15.4 Å². The summed E-state index contributed by atoms with van der Waals surface area (Å²) in [5, 5.41) is 12.0. The molecule has 0 atom stereocenters. The second kappa shape index (κ2) is 6.01. The molecule has 0 bridgehead atoms. The lowest BCUT2D eigenvalue weighted by molar-refractivity contribution is 0.318. The van der Waals surface area contributed by atoms with E-state index in [1.165, 1.54) is 16.0 Å². The molecule has 0 amide bonds. The Morgan fingerprint density at radius 2 is 1.65 bits per heavy atom. The molecule has 0 aromatic heterocycles. The van der Waals surface area contributed by atoms with Crippen LogP contribution >= 0.6 is 11.8 Å². The van der Waals surface area contributed by atoms with E-state index in [1.807, 2.05) is 25.1 Å². The molecule has 104 valence electrons. The summed E-state index contributed by atoms with van der Waals surface area (Å²) in [7, 11) is 0. The summed E-state index contributed by atoms with van der Waals surface area (Å²) in [4.78, 5) is 2.17. The van der Waals surface area contributed by atoms with E-state index in [1.54, 1.807) is 11.8 Å². The van der Waals surface area contributed by atoms with Crippen molar-refractivity contribution in [2.75, 3.05) is 0 Å². The number of hydrogen-bond donors (Lipinski definition) is 2. The molecule has 20 heavy (non-hydrogen) atoms. The monoisotopic (exact) mass is 286 g/mol. The molecule has 0 aliphatic carbocycles. The van der Waals surface area contributed by atoms with Gasteiger partial charge in [0.2, 0.25) is 0 Å². The van der Waals surface area contributed by atoms with Gasteiger partial charge in [0.1, 0.15) is 0 Å². The van der Waals surface area contributed by atoms with Gasteiger partial charge < -0.3 is 10.9 Å². The fourth-order valence-electron chi connectivity index (χ4n) is 1.92. The highest BCUT2D eigenvalue weighted by atomic mass is 32.2. The van der Waals surface area contributed by atoms with Crippen LogP contribution in [-0.4, -0.2) is 11.0 Å². The Bertz CT molecular complexity index is 666. The highest BCUT2D eigenvalue weighted by Crippen LogP contribution is 2.33. The first-order valence-electron chi connectivity index (χ1n) is 6.35. The summed E-state index contributed by atoms with van der Waals surface area (Å²) < 4.78 is 0. The number of nitrogens with zero attached hydrogens (tertiary/aromatic N) is 1. The normalized spacial score (nSPS) is 11.7. The number of benzene rings is 2. The van der Waals surface area contributed by atoms with E-state index < -0.39 is 0 Å². The number of rotatable bonds is 3. The number of amidine groups is 1. The first kappa shape index (κ1) is 14.5. The maximum absolute atomic E-state index is 8.92. The Labute approximate surface area is 123 Å². The quantitative estimate of drug-likeness (QED) is 0.390. The minimum absolute atomic E-state index is 0.140. The Morgan fingerprint density at radius 3 is 2.35 bits per heavy atom. The number of aryl methyl sites for hydroxylation is 3. The van der Waals surface area contributed by atoms with E-state index in [0.29, 0.717) is 0 Å². The highest BCUT2D eigenvalue weighted by Gasteiger charge is 2.10. The Morgan fingerprint density at radius 1 is 1.00 bits per heavy atom. The van der Waals surface area contributed by atoms with Gasteiger partial charge in [-0.3, -0.25) is 0 Å². The van der Waals surface area contributed by atoms with E-state index in [-0.39, 0.29) is 5.84 Å². The van der Waals surface area contributed by atoms with Crippen LogP contribution in [0.1, 0.15) is 22.3 Å². The van der Waals surface area contributed by atoms with Gasteiger partial charge in [0.25, 0.3) is 0 Å². The van der Waals surface area contributed by atoms with Crippen LogP contribution in [0.15, 0.2) is 51.3 Å². The van der Waals surface area contributed by atoms with E-state index >= 15 is 0 Å². The summed E-state index contributed by atoms with van der Waals surface area (Å²) in [5.74, 6) is 0.140. The molecule has 0 fully saturated rings. The number of oxime groups is 1. The van der Waals surface area contributed by atoms with Gasteiger partial charge in [-0.1, -0.05) is 40.7 Å². The van der Waals surface area contributed by atoms with Crippen molar-refractivity contribution < 1.29 is 5.21 Å². The maximum atomic E-state index is 8.92. The molecule has 2 rings (SSSR count). The van der Waals surface area contributed by atoms with Crippen LogP contribution in [0.5, 0.6) is 0 Å². The van der Waals surface area contributed by atoms with Gasteiger partial charge >= 0.3 is 0 Å². The van der Waals surface area contributed by atoms with Gasteiger partial charge in [-0.15, -0.1) is 0 Å². The third-order valence-electron chi connectivity index (χ3n) is 3.08. The molecule has 0 saturated carbocycles. The molecule has 0 aliphatic rings. The molecule has 2 aromatic rings. The standard InChI is InChI=1S/C16H18N2OS/c1-10-5-7-14(13(8-10)16(17)18-19)20-15-9-11(2)4-6-12(15)3/h4-9,19H,1-3H3,(H2,17,18). The maximum Gasteiger partial charge on any atom is 0.171 e. The van der Waals surface area contributed by atoms with E-state index in [4.69, 9.17) is 10.9 Å². The van der Waals surface area contributed by atoms with Crippen molar-refractivity contribution in [2.24, 2.45) is 10.9 Å². The first-order valence-corrected chi connectivity index (χ1v) is 7.16. The van der Waals surface area contributed by atoms with Crippen molar-refractivity contribution in [3.8, 4) is 0 Å². The van der Waals surface area contributed by atoms with Crippen LogP contribution in [0.4, 0.5) is 0 Å². The van der Waals surface area contributed by atoms with E-state index in [9.17, 15) is 0 Å². The molecule has 0 spiro atoms. The number of hydrogen-bond acceptors (Lipinski definition) is 3. The van der Waals surface area contributed by atoms with Gasteiger partial charge in [-0.25, -0.2) is 0 Å². The largest absolute Gasteiger partial charge is 0.409 e. The van der Waals surface area contributed by atoms with Gasteiger partial charge in [0.15, 0.2) is 5.84 Å². The minimum Gasteiger partial charge on any atom is -0.409 e. The average Bonchev–Trinajstić information content (AvgIpc) is 2.43. The number of nitrogens with two attached hydrogens (primary N) is 1. The van der Waals surface area contributed by atoms with Gasteiger partial charge in [0.05, 0.1) is 0 Å². The van der Waals surface area contributed by atoms with Crippen LogP contribution in [0.3, 0.4) is 0 Å². The van der Waals surface area contributed by atoms with Crippen molar-refractivity contribution >= 4 is 17.6 Å². The zero-order valence-electron chi connectivity index (χ0n) is 11.8. The molecule has 0 radical (unpaired) electrons. The van der Waals surface area contributed by atoms with Crippen LogP contribution in [0.2, 0.25) is 0 Å². The SMILES string of the molecule is Cc1ccc(C)c(Sc2ccc(C)cc2/C(N)=N/O)c1. The Hall–Kier alpha value is -1.94. The van der Waals surface area contributed by atoms with E-state index in [2.05, 4.69) is 37.2 Å². The van der Waals surface area contributed by atoms with Gasteiger partial charge in [-0.2, -0.15) is 0 Å². The average molecular weight is 286 g/mol. The van der Waals surface area contributed by atoms with Crippen LogP contribution in [-0.2, 0) is 0 Å². The fourth-order valence-corrected chi connectivity index (χ4v) is 3.04. The molecular formula is C16H18N2OS. The zero-order chi connectivity index (χ0) is 14.7. The molecule has 0 saturated heterocycles. The predicted molar refractivity (Wildman–Crippen MR) is 83.7 cm³/mol. The van der Waals surface area contributed by atoms with Crippen molar-refractivity contribution in [1.29, 1.82) is 0 Å². The molecule has 3 nitrogen and oxygen atoms in total. The van der Waals surface area contributed by atoms with Crippen molar-refractivity contribution in [1.82, 2.24) is 0 Å². The molecular weight excluding hydrogens is 268 g/mol. The molecule has 3 N–H and O–H groups in total.